The second kappa shape index (κ2) is 24.5. The summed E-state index contributed by atoms with van der Waals surface area (Å²) < 4.78 is 5.04. The Morgan fingerprint density at radius 2 is 1.68 bits per heavy atom. The summed E-state index contributed by atoms with van der Waals surface area (Å²) in [6, 6.07) is 2.69. The topological polar surface area (TPSA) is 208 Å². The Kier molecular flexibility index (Phi) is 20.3. The molecule has 324 valence electrons. The zero-order valence-electron chi connectivity index (χ0n) is 35.1. The number of phenolic OH excluding ortho intramolecular Hbond substituents is 1. The van der Waals surface area contributed by atoms with E-state index in [1.165, 1.54) is 18.2 Å². The summed E-state index contributed by atoms with van der Waals surface area (Å²) in [4.78, 5) is 84.3. The number of nitrogens with one attached hydrogen (secondary N) is 3. The van der Waals surface area contributed by atoms with Crippen molar-refractivity contribution in [3.05, 3.63) is 46.3 Å². The third kappa shape index (κ3) is 15.5. The predicted octanol–water partition coefficient (Wildman–Crippen LogP) is 4.75. The number of terminal acetylenes is 1. The lowest BCUT2D eigenvalue weighted by Crippen LogP contribution is -2.50. The highest BCUT2D eigenvalue weighted by Crippen LogP contribution is 2.39. The molecular formula is C44H62ClN5O9. The van der Waals surface area contributed by atoms with Gasteiger partial charge in [0.05, 0.1) is 23.7 Å². The van der Waals surface area contributed by atoms with E-state index in [1.807, 2.05) is 13.8 Å². The summed E-state index contributed by atoms with van der Waals surface area (Å²) in [7, 11) is 0. The number of halogens is 1. The number of rotatable bonds is 28. The molecule has 0 radical (unpaired) electrons. The summed E-state index contributed by atoms with van der Waals surface area (Å²) in [5, 5.41) is 32.0. The molecule has 0 spiro atoms. The molecule has 59 heavy (non-hydrogen) atoms. The Balaban J connectivity index is 1.82. The van der Waals surface area contributed by atoms with Crippen molar-refractivity contribution in [3.8, 4) is 18.1 Å². The number of carbonyl (C=O) groups excluding carboxylic acids is 6. The van der Waals surface area contributed by atoms with E-state index in [0.717, 1.165) is 26.1 Å². The molecule has 14 nitrogen and oxygen atoms in total. The number of aromatic hydroxyl groups is 1. The molecule has 1 aliphatic carbocycles. The predicted molar refractivity (Wildman–Crippen MR) is 223 cm³/mol. The van der Waals surface area contributed by atoms with Crippen LogP contribution in [0.1, 0.15) is 114 Å². The standard InChI is InChI=1S/C44H62ClN5O9/c1-7-11-15-38(53)36(26-51)47-42(56)31(14-12-13-20-50(9-3)10-4)24-40(55)41(27(5)8-2)48-43(57)32(30-17-18-30)25-39(54)34(23-29-16-19-37(52)33(45)22-29)46-44(58)35-21-28(6)59-49-35/h1,16,19,21-22,27,30-32,34,36,41,51-52H,8-15,17-18,20,23-26H2,2-6H3,(H,46,58)(H,47,56)(H,48,57)/t27-,31+,32-,34-,36-,41+/m0/s1. The molecule has 15 heteroatoms. The van der Waals surface area contributed by atoms with Crippen LogP contribution in [-0.2, 0) is 30.4 Å². The minimum atomic E-state index is -1.16. The molecule has 1 aromatic heterocycles. The molecule has 0 unspecified atom stereocenters. The molecule has 0 bridgehead atoms. The van der Waals surface area contributed by atoms with Gasteiger partial charge in [0.1, 0.15) is 17.6 Å². The highest BCUT2D eigenvalue weighted by Gasteiger charge is 2.41. The van der Waals surface area contributed by atoms with Crippen molar-refractivity contribution >= 4 is 46.7 Å². The zero-order chi connectivity index (χ0) is 43.6. The van der Waals surface area contributed by atoms with Crippen LogP contribution < -0.4 is 16.0 Å². The van der Waals surface area contributed by atoms with E-state index in [0.29, 0.717) is 43.4 Å². The number of unbranched alkanes of at least 4 members (excludes halogenated alkanes) is 1. The third-order valence-corrected chi connectivity index (χ3v) is 11.5. The third-order valence-electron chi connectivity index (χ3n) is 11.2. The van der Waals surface area contributed by atoms with E-state index in [2.05, 4.69) is 45.8 Å². The fourth-order valence-electron chi connectivity index (χ4n) is 7.08. The normalized spacial score (nSPS) is 15.6. The highest BCUT2D eigenvalue weighted by atomic mass is 35.5. The number of aliphatic hydroxyl groups is 1. The van der Waals surface area contributed by atoms with Gasteiger partial charge in [-0.1, -0.05) is 63.4 Å². The second-order valence-electron chi connectivity index (χ2n) is 15.6. The lowest BCUT2D eigenvalue weighted by molar-refractivity contribution is -0.136. The van der Waals surface area contributed by atoms with Crippen molar-refractivity contribution < 1.29 is 43.5 Å². The first kappa shape index (κ1) is 48.8. The van der Waals surface area contributed by atoms with Crippen molar-refractivity contribution in [2.45, 2.75) is 123 Å². The van der Waals surface area contributed by atoms with Gasteiger partial charge in [0.15, 0.2) is 23.0 Å². The summed E-state index contributed by atoms with van der Waals surface area (Å²) in [5.41, 5.74) is 0.542. The monoisotopic (exact) mass is 839 g/mol. The Morgan fingerprint density at radius 1 is 0.966 bits per heavy atom. The zero-order valence-corrected chi connectivity index (χ0v) is 35.8. The second-order valence-corrected chi connectivity index (χ2v) is 16.0. The van der Waals surface area contributed by atoms with Gasteiger partial charge >= 0.3 is 0 Å². The molecule has 1 aliphatic rings. The fourth-order valence-corrected chi connectivity index (χ4v) is 7.28. The number of amides is 3. The number of aliphatic hydroxyl groups excluding tert-OH is 1. The van der Waals surface area contributed by atoms with Crippen molar-refractivity contribution in [1.29, 1.82) is 0 Å². The molecular weight excluding hydrogens is 778 g/mol. The molecule has 3 amide bonds. The van der Waals surface area contributed by atoms with Gasteiger partial charge in [0.2, 0.25) is 11.8 Å². The first-order chi connectivity index (χ1) is 28.1. The van der Waals surface area contributed by atoms with Gasteiger partial charge in [-0.05, 0) is 88.2 Å². The largest absolute Gasteiger partial charge is 0.506 e. The number of Topliss-reactive ketones (excluding diaryl/α,β-unsaturated/α-hetero) is 3. The van der Waals surface area contributed by atoms with Crippen molar-refractivity contribution in [3.63, 3.8) is 0 Å². The van der Waals surface area contributed by atoms with Crippen LogP contribution in [0.25, 0.3) is 0 Å². The molecule has 6 atom stereocenters. The molecule has 1 aromatic carbocycles. The summed E-state index contributed by atoms with van der Waals surface area (Å²) in [6.07, 6.45) is 8.75. The highest BCUT2D eigenvalue weighted by molar-refractivity contribution is 6.32. The van der Waals surface area contributed by atoms with E-state index in [9.17, 15) is 39.0 Å². The maximum absolute atomic E-state index is 14.2. The first-order valence-corrected chi connectivity index (χ1v) is 21.2. The van der Waals surface area contributed by atoms with E-state index < -0.39 is 65.9 Å². The molecule has 2 aromatic rings. The van der Waals surface area contributed by atoms with Gasteiger partial charge in [-0.15, -0.1) is 12.3 Å². The number of benzene rings is 1. The molecule has 0 aliphatic heterocycles. The van der Waals surface area contributed by atoms with Crippen molar-refractivity contribution in [1.82, 2.24) is 26.0 Å². The minimum Gasteiger partial charge on any atom is -0.506 e. The van der Waals surface area contributed by atoms with E-state index in [4.69, 9.17) is 22.5 Å². The van der Waals surface area contributed by atoms with E-state index in [1.54, 1.807) is 13.0 Å². The number of hydrogen-bond donors (Lipinski definition) is 5. The number of ketones is 3. The van der Waals surface area contributed by atoms with Crippen LogP contribution >= 0.6 is 11.6 Å². The van der Waals surface area contributed by atoms with Crippen LogP contribution in [-0.4, -0.2) is 99.7 Å². The average Bonchev–Trinajstić information content (AvgIpc) is 3.97. The van der Waals surface area contributed by atoms with Crippen LogP contribution in [0, 0.1) is 42.9 Å². The number of aromatic nitrogens is 1. The summed E-state index contributed by atoms with van der Waals surface area (Å²) in [5.74, 6) is -2.23. The summed E-state index contributed by atoms with van der Waals surface area (Å²) in [6.45, 7) is 11.5. The number of hydrogen-bond acceptors (Lipinski definition) is 11. The van der Waals surface area contributed by atoms with Gasteiger partial charge in [0.25, 0.3) is 5.91 Å². The number of carbonyl (C=O) groups is 6. The van der Waals surface area contributed by atoms with Crippen LogP contribution in [0.3, 0.4) is 0 Å². The van der Waals surface area contributed by atoms with Crippen molar-refractivity contribution in [2.75, 3.05) is 26.2 Å². The van der Waals surface area contributed by atoms with Gasteiger partial charge in [-0.2, -0.15) is 0 Å². The Labute approximate surface area is 352 Å². The number of nitrogens with zero attached hydrogens (tertiary/aromatic N) is 2. The van der Waals surface area contributed by atoms with Gasteiger partial charge in [0, 0.05) is 43.6 Å². The van der Waals surface area contributed by atoms with Gasteiger partial charge in [-0.25, -0.2) is 0 Å². The van der Waals surface area contributed by atoms with Crippen LogP contribution in [0.15, 0.2) is 28.8 Å². The maximum Gasteiger partial charge on any atom is 0.274 e. The maximum atomic E-state index is 14.2. The Hall–Kier alpha value is -4.58. The molecule has 1 fully saturated rings. The molecule has 0 saturated heterocycles. The van der Waals surface area contributed by atoms with Gasteiger partial charge in [-0.3, -0.25) is 28.8 Å². The Morgan fingerprint density at radius 3 is 2.25 bits per heavy atom. The first-order valence-electron chi connectivity index (χ1n) is 20.8. The molecule has 1 heterocycles. The summed E-state index contributed by atoms with van der Waals surface area (Å²) >= 11 is 6.15. The molecule has 3 rings (SSSR count). The van der Waals surface area contributed by atoms with E-state index in [-0.39, 0.29) is 66.2 Å². The number of phenols is 1. The minimum absolute atomic E-state index is 0.0121. The smallest absolute Gasteiger partial charge is 0.274 e. The fraction of sp³-hybridized carbons (Fsp3) is 0.614. The van der Waals surface area contributed by atoms with E-state index >= 15 is 0 Å². The SMILES string of the molecule is C#CCCC(=O)[C@H](CO)NC(=O)[C@H](CCCCN(CC)CC)CC(=O)[C@H](NC(=O)[C@@H](CC(=O)[C@H](Cc1ccc(O)c(Cl)c1)NC(=O)c1cc(C)on1)C1CC1)[C@@H](C)CC. The average molecular weight is 840 g/mol. The lowest BCUT2D eigenvalue weighted by Gasteiger charge is -2.28. The lowest BCUT2D eigenvalue weighted by atomic mass is 9.86. The van der Waals surface area contributed by atoms with Gasteiger partial charge < -0.3 is 35.6 Å². The molecule has 1 saturated carbocycles. The van der Waals surface area contributed by atoms with Crippen LogP contribution in [0.4, 0.5) is 0 Å². The van der Waals surface area contributed by atoms with Crippen molar-refractivity contribution in [2.24, 2.45) is 23.7 Å². The van der Waals surface area contributed by atoms with Crippen LogP contribution in [0.5, 0.6) is 5.75 Å². The van der Waals surface area contributed by atoms with Crippen LogP contribution in [0.2, 0.25) is 5.02 Å². The Bertz CT molecular complexity index is 1780. The molecule has 5 N–H and O–H groups in total. The quantitative estimate of drug-likeness (QED) is 0.0584. The number of aryl methyl sites for hydroxylation is 1.